The zero-order valence-electron chi connectivity index (χ0n) is 11.1. The Kier molecular flexibility index (Phi) is 5.86. The van der Waals surface area contributed by atoms with E-state index in [1.807, 2.05) is 0 Å². The lowest BCUT2D eigenvalue weighted by Gasteiger charge is -2.17. The molecule has 21 heavy (non-hydrogen) atoms. The largest absolute Gasteiger partial charge is 0.573 e. The highest BCUT2D eigenvalue weighted by Gasteiger charge is 2.32. The Morgan fingerprint density at radius 1 is 1.43 bits per heavy atom. The molecule has 2 N–H and O–H groups in total. The summed E-state index contributed by atoms with van der Waals surface area (Å²) in [7, 11) is 0. The molecule has 1 aromatic rings. The third-order valence-corrected chi connectivity index (χ3v) is 3.22. The van der Waals surface area contributed by atoms with Crippen molar-refractivity contribution >= 4 is 18.3 Å². The van der Waals surface area contributed by atoms with Crippen LogP contribution < -0.4 is 10.5 Å². The summed E-state index contributed by atoms with van der Waals surface area (Å²) in [5.74, 6) is -0.431. The first kappa shape index (κ1) is 17.6. The molecule has 1 unspecified atom stereocenters. The zero-order valence-corrected chi connectivity index (χ0v) is 11.9. The second-order valence-electron chi connectivity index (χ2n) is 4.72. The Hall–Kier alpha value is -1.47. The van der Waals surface area contributed by atoms with Crippen LogP contribution in [0.4, 0.5) is 13.2 Å². The van der Waals surface area contributed by atoms with Gasteiger partial charge in [0.2, 0.25) is 0 Å². The predicted molar refractivity (Wildman–Crippen MR) is 73.4 cm³/mol. The van der Waals surface area contributed by atoms with Crippen LogP contribution in [0, 0.1) is 5.92 Å². The number of halogens is 4. The van der Waals surface area contributed by atoms with Crippen molar-refractivity contribution in [2.75, 3.05) is 19.6 Å². The number of hydrogen-bond acceptors (Lipinski definition) is 3. The number of nitrogens with zero attached hydrogens (tertiary/aromatic N) is 1. The summed E-state index contributed by atoms with van der Waals surface area (Å²) in [4.78, 5) is 13.8. The molecule has 1 aliphatic rings. The molecule has 1 aromatic carbocycles. The number of carbonyl (C=O) groups is 1. The Morgan fingerprint density at radius 2 is 2.14 bits per heavy atom. The first-order valence-electron chi connectivity index (χ1n) is 6.24. The summed E-state index contributed by atoms with van der Waals surface area (Å²) in [6.07, 6.45) is -3.94. The maximum absolute atomic E-state index is 12.2. The van der Waals surface area contributed by atoms with Gasteiger partial charge in [0.15, 0.2) is 0 Å². The van der Waals surface area contributed by atoms with E-state index in [-0.39, 0.29) is 29.8 Å². The van der Waals surface area contributed by atoms with Gasteiger partial charge in [-0.15, -0.1) is 25.6 Å². The Morgan fingerprint density at radius 3 is 2.71 bits per heavy atom. The molecule has 2 rings (SSSR count). The monoisotopic (exact) mass is 324 g/mol. The predicted octanol–water partition coefficient (Wildman–Crippen LogP) is 2.43. The number of ether oxygens (including phenoxy) is 1. The summed E-state index contributed by atoms with van der Waals surface area (Å²) in [6, 6.07) is 5.11. The molecule has 1 heterocycles. The lowest BCUT2D eigenvalue weighted by atomic mass is 10.1. The first-order chi connectivity index (χ1) is 9.39. The van der Waals surface area contributed by atoms with Gasteiger partial charge in [-0.3, -0.25) is 4.79 Å². The number of likely N-dealkylation sites (tertiary alicyclic amines) is 1. The number of benzene rings is 1. The smallest absolute Gasteiger partial charge is 0.406 e. The van der Waals surface area contributed by atoms with Crippen molar-refractivity contribution in [3.8, 4) is 5.75 Å². The topological polar surface area (TPSA) is 55.6 Å². The third kappa shape index (κ3) is 4.78. The van der Waals surface area contributed by atoms with Crippen LogP contribution in [-0.2, 0) is 0 Å². The molecule has 1 aliphatic heterocycles. The number of rotatable bonds is 3. The molecule has 1 amide bonds. The number of alkyl halides is 3. The van der Waals surface area contributed by atoms with Crippen LogP contribution in [0.25, 0.3) is 0 Å². The van der Waals surface area contributed by atoms with Crippen molar-refractivity contribution in [1.29, 1.82) is 0 Å². The molecular weight excluding hydrogens is 309 g/mol. The van der Waals surface area contributed by atoms with Crippen molar-refractivity contribution in [3.63, 3.8) is 0 Å². The minimum Gasteiger partial charge on any atom is -0.406 e. The molecule has 4 nitrogen and oxygen atoms in total. The van der Waals surface area contributed by atoms with Gasteiger partial charge in [0.25, 0.3) is 5.91 Å². The molecular formula is C13H16ClF3N2O2. The molecule has 0 radical (unpaired) electrons. The van der Waals surface area contributed by atoms with Gasteiger partial charge in [-0.25, -0.2) is 0 Å². The van der Waals surface area contributed by atoms with E-state index in [0.29, 0.717) is 19.6 Å². The lowest BCUT2D eigenvalue weighted by Crippen LogP contribution is -2.29. The van der Waals surface area contributed by atoms with Crippen molar-refractivity contribution in [2.24, 2.45) is 11.7 Å². The van der Waals surface area contributed by atoms with Crippen LogP contribution in [0.5, 0.6) is 5.75 Å². The van der Waals surface area contributed by atoms with E-state index >= 15 is 0 Å². The van der Waals surface area contributed by atoms with Gasteiger partial charge in [0.05, 0.1) is 0 Å². The molecule has 1 saturated heterocycles. The molecule has 0 aromatic heterocycles. The van der Waals surface area contributed by atoms with E-state index in [1.165, 1.54) is 12.1 Å². The van der Waals surface area contributed by atoms with Crippen LogP contribution in [-0.4, -0.2) is 36.8 Å². The van der Waals surface area contributed by atoms with Crippen molar-refractivity contribution < 1.29 is 22.7 Å². The SMILES string of the molecule is Cl.NCC1CCN(C(=O)c2cccc(OC(F)(F)F)c2)C1. The number of amides is 1. The van der Waals surface area contributed by atoms with Crippen LogP contribution >= 0.6 is 12.4 Å². The van der Waals surface area contributed by atoms with Crippen LogP contribution in [0.3, 0.4) is 0 Å². The van der Waals surface area contributed by atoms with E-state index in [0.717, 1.165) is 18.6 Å². The molecule has 118 valence electrons. The molecule has 0 spiro atoms. The minimum absolute atomic E-state index is 0. The van der Waals surface area contributed by atoms with E-state index < -0.39 is 12.1 Å². The summed E-state index contributed by atoms with van der Waals surface area (Å²) in [6.45, 7) is 1.62. The van der Waals surface area contributed by atoms with Gasteiger partial charge in [-0.1, -0.05) is 6.07 Å². The van der Waals surface area contributed by atoms with Gasteiger partial charge in [0.1, 0.15) is 5.75 Å². The van der Waals surface area contributed by atoms with Gasteiger partial charge in [-0.05, 0) is 37.1 Å². The molecule has 1 fully saturated rings. The number of nitrogens with two attached hydrogens (primary N) is 1. The fraction of sp³-hybridized carbons (Fsp3) is 0.462. The van der Waals surface area contributed by atoms with Crippen molar-refractivity contribution in [2.45, 2.75) is 12.8 Å². The van der Waals surface area contributed by atoms with Crippen molar-refractivity contribution in [1.82, 2.24) is 4.90 Å². The fourth-order valence-electron chi connectivity index (χ4n) is 2.22. The number of carbonyl (C=O) groups excluding carboxylic acids is 1. The maximum Gasteiger partial charge on any atom is 0.573 e. The van der Waals surface area contributed by atoms with Gasteiger partial charge in [-0.2, -0.15) is 0 Å². The van der Waals surface area contributed by atoms with Gasteiger partial charge in [0, 0.05) is 18.7 Å². The fourth-order valence-corrected chi connectivity index (χ4v) is 2.22. The zero-order chi connectivity index (χ0) is 14.8. The van der Waals surface area contributed by atoms with Gasteiger partial charge >= 0.3 is 6.36 Å². The van der Waals surface area contributed by atoms with Crippen LogP contribution in [0.15, 0.2) is 24.3 Å². The first-order valence-corrected chi connectivity index (χ1v) is 6.24. The summed E-state index contributed by atoms with van der Waals surface area (Å²) >= 11 is 0. The maximum atomic E-state index is 12.2. The highest BCUT2D eigenvalue weighted by molar-refractivity contribution is 5.94. The average molecular weight is 325 g/mol. The quantitative estimate of drug-likeness (QED) is 0.929. The number of hydrogen-bond donors (Lipinski definition) is 1. The van der Waals surface area contributed by atoms with E-state index in [4.69, 9.17) is 5.73 Å². The summed E-state index contributed by atoms with van der Waals surface area (Å²) in [5, 5.41) is 0. The Balaban J connectivity index is 0.00000220. The van der Waals surface area contributed by atoms with Crippen LogP contribution in [0.1, 0.15) is 16.8 Å². The Bertz CT molecular complexity index is 497. The normalized spacial score (nSPS) is 18.3. The minimum atomic E-state index is -4.76. The average Bonchev–Trinajstić information content (AvgIpc) is 2.85. The second-order valence-corrected chi connectivity index (χ2v) is 4.72. The highest BCUT2D eigenvalue weighted by atomic mass is 35.5. The standard InChI is InChI=1S/C13H15F3N2O2.ClH/c14-13(15,16)20-11-3-1-2-10(6-11)12(19)18-5-4-9(7-17)8-18;/h1-3,6,9H,4-5,7-8,17H2;1H. The lowest BCUT2D eigenvalue weighted by molar-refractivity contribution is -0.274. The van der Waals surface area contributed by atoms with Crippen molar-refractivity contribution in [3.05, 3.63) is 29.8 Å². The van der Waals surface area contributed by atoms with E-state index in [1.54, 1.807) is 4.90 Å². The molecule has 0 aliphatic carbocycles. The molecule has 8 heteroatoms. The second kappa shape index (κ2) is 7.00. The van der Waals surface area contributed by atoms with E-state index in [2.05, 4.69) is 4.74 Å². The highest BCUT2D eigenvalue weighted by Crippen LogP contribution is 2.25. The molecule has 0 bridgehead atoms. The van der Waals surface area contributed by atoms with Gasteiger partial charge < -0.3 is 15.4 Å². The molecule has 1 atom stereocenters. The summed E-state index contributed by atoms with van der Waals surface area (Å²) in [5.41, 5.74) is 5.73. The third-order valence-electron chi connectivity index (χ3n) is 3.22. The molecule has 0 saturated carbocycles. The Labute approximate surface area is 126 Å². The van der Waals surface area contributed by atoms with Crippen LogP contribution in [0.2, 0.25) is 0 Å². The summed E-state index contributed by atoms with van der Waals surface area (Å²) < 4.78 is 40.2. The van der Waals surface area contributed by atoms with E-state index in [9.17, 15) is 18.0 Å².